The van der Waals surface area contributed by atoms with Crippen molar-refractivity contribution < 1.29 is 0 Å². The second kappa shape index (κ2) is 6.75. The van der Waals surface area contributed by atoms with Crippen molar-refractivity contribution in [2.45, 2.75) is 32.9 Å². The van der Waals surface area contributed by atoms with E-state index in [1.165, 1.54) is 5.56 Å². The number of nitrogens with one attached hydrogen (secondary N) is 1. The molecule has 1 aromatic carbocycles. The highest BCUT2D eigenvalue weighted by atomic mass is 15.3. The molecular weight excluding hydrogens is 288 g/mol. The van der Waals surface area contributed by atoms with Crippen molar-refractivity contribution in [3.63, 3.8) is 0 Å². The summed E-state index contributed by atoms with van der Waals surface area (Å²) in [7, 11) is 1.95. The molecule has 0 unspecified atom stereocenters. The van der Waals surface area contributed by atoms with Crippen LogP contribution >= 0.6 is 0 Å². The van der Waals surface area contributed by atoms with E-state index in [4.69, 9.17) is 5.10 Å². The largest absolute Gasteiger partial charge is 0.320 e. The van der Waals surface area contributed by atoms with E-state index in [-0.39, 0.29) is 0 Å². The van der Waals surface area contributed by atoms with E-state index in [1.807, 2.05) is 34.5 Å². The Morgan fingerprint density at radius 2 is 1.91 bits per heavy atom. The molecule has 0 fully saturated rings. The molecule has 23 heavy (non-hydrogen) atoms. The van der Waals surface area contributed by atoms with Gasteiger partial charge in [0.15, 0.2) is 0 Å². The van der Waals surface area contributed by atoms with Crippen LogP contribution in [0.15, 0.2) is 42.9 Å². The molecule has 0 spiro atoms. The van der Waals surface area contributed by atoms with E-state index in [0.717, 1.165) is 23.8 Å². The lowest BCUT2D eigenvalue weighted by molar-refractivity contribution is 0.631. The number of rotatable bonds is 6. The standard InChI is InChI=1S/C17H22N6/c1-13(2)17-14(9-18-10-16-20-19-12-22(16)3)11-23(21-17)15-7-5-4-6-8-15/h4-8,11-13,18H,9-10H2,1-3H3. The molecule has 0 atom stereocenters. The summed E-state index contributed by atoms with van der Waals surface area (Å²) < 4.78 is 3.87. The van der Waals surface area contributed by atoms with Gasteiger partial charge in [-0.25, -0.2) is 4.68 Å². The first-order valence-corrected chi connectivity index (χ1v) is 7.82. The van der Waals surface area contributed by atoms with Crippen LogP contribution in [0, 0.1) is 0 Å². The molecule has 2 aromatic heterocycles. The van der Waals surface area contributed by atoms with Gasteiger partial charge in [-0.15, -0.1) is 10.2 Å². The Morgan fingerprint density at radius 3 is 2.57 bits per heavy atom. The lowest BCUT2D eigenvalue weighted by atomic mass is 10.1. The van der Waals surface area contributed by atoms with Crippen LogP contribution in [-0.4, -0.2) is 24.5 Å². The van der Waals surface area contributed by atoms with Crippen molar-refractivity contribution in [1.29, 1.82) is 0 Å². The van der Waals surface area contributed by atoms with Gasteiger partial charge < -0.3 is 9.88 Å². The fourth-order valence-electron chi connectivity index (χ4n) is 2.53. The average Bonchev–Trinajstić information content (AvgIpc) is 3.15. The normalized spacial score (nSPS) is 11.3. The van der Waals surface area contributed by atoms with E-state index < -0.39 is 0 Å². The van der Waals surface area contributed by atoms with Gasteiger partial charge in [-0.1, -0.05) is 32.0 Å². The van der Waals surface area contributed by atoms with Gasteiger partial charge in [-0.2, -0.15) is 5.10 Å². The molecule has 120 valence electrons. The highest BCUT2D eigenvalue weighted by Gasteiger charge is 2.13. The maximum atomic E-state index is 4.76. The summed E-state index contributed by atoms with van der Waals surface area (Å²) in [5.74, 6) is 1.30. The third kappa shape index (κ3) is 3.48. The van der Waals surface area contributed by atoms with Gasteiger partial charge in [0.25, 0.3) is 0 Å². The van der Waals surface area contributed by atoms with Crippen LogP contribution in [0.2, 0.25) is 0 Å². The van der Waals surface area contributed by atoms with E-state index in [0.29, 0.717) is 12.5 Å². The van der Waals surface area contributed by atoms with E-state index >= 15 is 0 Å². The SMILES string of the molecule is CC(C)c1nn(-c2ccccc2)cc1CNCc1nncn1C. The molecule has 0 aliphatic carbocycles. The number of para-hydroxylation sites is 1. The quantitative estimate of drug-likeness (QED) is 0.759. The van der Waals surface area contributed by atoms with Crippen LogP contribution in [0.3, 0.4) is 0 Å². The van der Waals surface area contributed by atoms with Crippen molar-refractivity contribution in [3.05, 3.63) is 59.9 Å². The maximum absolute atomic E-state index is 4.76. The van der Waals surface area contributed by atoms with Crippen molar-refractivity contribution in [1.82, 2.24) is 29.9 Å². The minimum Gasteiger partial charge on any atom is -0.320 e. The first-order chi connectivity index (χ1) is 11.1. The van der Waals surface area contributed by atoms with Gasteiger partial charge in [0, 0.05) is 25.4 Å². The number of benzene rings is 1. The van der Waals surface area contributed by atoms with Gasteiger partial charge in [0.05, 0.1) is 17.9 Å². The Kier molecular flexibility index (Phi) is 4.52. The first-order valence-electron chi connectivity index (χ1n) is 7.82. The summed E-state index contributed by atoms with van der Waals surface area (Å²) in [5, 5.41) is 16.2. The third-order valence-corrected chi connectivity index (χ3v) is 3.79. The first kappa shape index (κ1) is 15.4. The highest BCUT2D eigenvalue weighted by molar-refractivity contribution is 5.33. The average molecular weight is 310 g/mol. The fraction of sp³-hybridized carbons (Fsp3) is 0.353. The molecule has 0 saturated carbocycles. The zero-order chi connectivity index (χ0) is 16.2. The zero-order valence-electron chi connectivity index (χ0n) is 13.8. The van der Waals surface area contributed by atoms with Gasteiger partial charge in [-0.05, 0) is 18.1 Å². The number of hydrogen-bond acceptors (Lipinski definition) is 4. The summed E-state index contributed by atoms with van der Waals surface area (Å²) in [4.78, 5) is 0. The molecule has 3 rings (SSSR count). The topological polar surface area (TPSA) is 60.6 Å². The summed E-state index contributed by atoms with van der Waals surface area (Å²) >= 11 is 0. The third-order valence-electron chi connectivity index (χ3n) is 3.79. The Balaban J connectivity index is 1.75. The van der Waals surface area contributed by atoms with Gasteiger partial charge >= 0.3 is 0 Å². The Bertz CT molecular complexity index is 756. The van der Waals surface area contributed by atoms with Crippen LogP contribution in [0.5, 0.6) is 0 Å². The van der Waals surface area contributed by atoms with E-state index in [9.17, 15) is 0 Å². The molecule has 0 radical (unpaired) electrons. The molecule has 0 aliphatic heterocycles. The molecule has 2 heterocycles. The number of aryl methyl sites for hydroxylation is 1. The van der Waals surface area contributed by atoms with Crippen LogP contribution < -0.4 is 5.32 Å². The minimum atomic E-state index is 0.381. The number of hydrogen-bond donors (Lipinski definition) is 1. The van der Waals surface area contributed by atoms with Crippen LogP contribution in [0.1, 0.15) is 36.8 Å². The number of aromatic nitrogens is 5. The highest BCUT2D eigenvalue weighted by Crippen LogP contribution is 2.20. The monoisotopic (exact) mass is 310 g/mol. The second-order valence-corrected chi connectivity index (χ2v) is 5.94. The lowest BCUT2D eigenvalue weighted by Gasteiger charge is -2.06. The summed E-state index contributed by atoms with van der Waals surface area (Å²) in [6.45, 7) is 5.78. The lowest BCUT2D eigenvalue weighted by Crippen LogP contribution is -2.16. The van der Waals surface area contributed by atoms with Crippen molar-refractivity contribution >= 4 is 0 Å². The van der Waals surface area contributed by atoms with Gasteiger partial charge in [0.1, 0.15) is 12.2 Å². The smallest absolute Gasteiger partial charge is 0.146 e. The van der Waals surface area contributed by atoms with Crippen molar-refractivity contribution in [3.8, 4) is 5.69 Å². The molecule has 1 N–H and O–H groups in total. The molecule has 0 aliphatic rings. The molecule has 3 aromatic rings. The van der Waals surface area contributed by atoms with Gasteiger partial charge in [-0.3, -0.25) is 0 Å². The predicted octanol–water partition coefficient (Wildman–Crippen LogP) is 2.41. The molecule has 6 heteroatoms. The van der Waals surface area contributed by atoms with Crippen LogP contribution in [0.4, 0.5) is 0 Å². The predicted molar refractivity (Wildman–Crippen MR) is 89.2 cm³/mol. The molecule has 0 saturated heterocycles. The van der Waals surface area contributed by atoms with Gasteiger partial charge in [0.2, 0.25) is 0 Å². The minimum absolute atomic E-state index is 0.381. The van der Waals surface area contributed by atoms with Crippen LogP contribution in [0.25, 0.3) is 5.69 Å². The zero-order valence-corrected chi connectivity index (χ0v) is 13.8. The number of nitrogens with zero attached hydrogens (tertiary/aromatic N) is 5. The van der Waals surface area contributed by atoms with E-state index in [1.54, 1.807) is 6.33 Å². The summed E-state index contributed by atoms with van der Waals surface area (Å²) in [5.41, 5.74) is 3.42. The molecule has 6 nitrogen and oxygen atoms in total. The van der Waals surface area contributed by atoms with E-state index in [2.05, 4.69) is 47.7 Å². The summed E-state index contributed by atoms with van der Waals surface area (Å²) in [6.07, 6.45) is 3.82. The Labute approximate surface area is 136 Å². The molecular formula is C17H22N6. The Morgan fingerprint density at radius 1 is 1.13 bits per heavy atom. The van der Waals surface area contributed by atoms with Crippen molar-refractivity contribution in [2.24, 2.45) is 7.05 Å². The Hall–Kier alpha value is -2.47. The fourth-order valence-corrected chi connectivity index (χ4v) is 2.53. The molecule has 0 amide bonds. The maximum Gasteiger partial charge on any atom is 0.146 e. The van der Waals surface area contributed by atoms with Crippen molar-refractivity contribution in [2.75, 3.05) is 0 Å². The summed E-state index contributed by atoms with van der Waals surface area (Å²) in [6, 6.07) is 10.2. The second-order valence-electron chi connectivity index (χ2n) is 5.94. The van der Waals surface area contributed by atoms with Crippen LogP contribution in [-0.2, 0) is 20.1 Å². The molecule has 0 bridgehead atoms.